The SMILES string of the molecule is N#Cc1nc2ccccc2nc1Cc1ccccc1. The van der Waals surface area contributed by atoms with Crippen molar-refractivity contribution in [2.75, 3.05) is 0 Å². The minimum Gasteiger partial charge on any atom is -0.248 e. The second-order valence-electron chi connectivity index (χ2n) is 4.28. The minimum absolute atomic E-state index is 0.405. The molecule has 19 heavy (non-hydrogen) atoms. The van der Waals surface area contributed by atoms with Gasteiger partial charge in [-0.15, -0.1) is 0 Å². The van der Waals surface area contributed by atoms with Crippen molar-refractivity contribution < 1.29 is 0 Å². The minimum atomic E-state index is 0.405. The monoisotopic (exact) mass is 245 g/mol. The summed E-state index contributed by atoms with van der Waals surface area (Å²) in [6, 6.07) is 19.7. The molecule has 0 amide bonds. The van der Waals surface area contributed by atoms with Gasteiger partial charge in [-0.3, -0.25) is 0 Å². The maximum absolute atomic E-state index is 9.20. The van der Waals surface area contributed by atoms with Crippen molar-refractivity contribution in [3.05, 3.63) is 71.5 Å². The Balaban J connectivity index is 2.10. The summed E-state index contributed by atoms with van der Waals surface area (Å²) < 4.78 is 0. The fourth-order valence-electron chi connectivity index (χ4n) is 2.04. The van der Waals surface area contributed by atoms with Crippen molar-refractivity contribution in [3.8, 4) is 6.07 Å². The standard InChI is InChI=1S/C16H11N3/c17-11-16-15(10-12-6-2-1-3-7-12)18-13-8-4-5-9-14(13)19-16/h1-9H,10H2. The maximum atomic E-state index is 9.20. The molecule has 0 fully saturated rings. The van der Waals surface area contributed by atoms with Crippen LogP contribution in [0.5, 0.6) is 0 Å². The van der Waals surface area contributed by atoms with Crippen molar-refractivity contribution in [3.63, 3.8) is 0 Å². The van der Waals surface area contributed by atoms with Crippen LogP contribution in [0.25, 0.3) is 11.0 Å². The van der Waals surface area contributed by atoms with Gasteiger partial charge in [0.25, 0.3) is 0 Å². The zero-order chi connectivity index (χ0) is 13.1. The Bertz CT molecular complexity index is 758. The van der Waals surface area contributed by atoms with Gasteiger partial charge >= 0.3 is 0 Å². The van der Waals surface area contributed by atoms with Crippen LogP contribution in [0.15, 0.2) is 54.6 Å². The van der Waals surface area contributed by atoms with Crippen LogP contribution in [0.2, 0.25) is 0 Å². The fraction of sp³-hybridized carbons (Fsp3) is 0.0625. The lowest BCUT2D eigenvalue weighted by Gasteiger charge is -2.05. The molecule has 3 nitrogen and oxygen atoms in total. The van der Waals surface area contributed by atoms with Crippen LogP contribution in [-0.2, 0) is 6.42 Å². The van der Waals surface area contributed by atoms with Crippen molar-refractivity contribution in [1.82, 2.24) is 9.97 Å². The number of aromatic nitrogens is 2. The van der Waals surface area contributed by atoms with Crippen LogP contribution in [0.4, 0.5) is 0 Å². The smallest absolute Gasteiger partial charge is 0.163 e. The molecule has 0 aliphatic heterocycles. The number of para-hydroxylation sites is 2. The highest BCUT2D eigenvalue weighted by atomic mass is 14.8. The van der Waals surface area contributed by atoms with Crippen molar-refractivity contribution in [1.29, 1.82) is 5.26 Å². The summed E-state index contributed by atoms with van der Waals surface area (Å²) in [6.07, 6.45) is 0.627. The number of fused-ring (bicyclic) bond motifs is 1. The first-order chi connectivity index (χ1) is 9.36. The summed E-state index contributed by atoms with van der Waals surface area (Å²) in [7, 11) is 0. The first kappa shape index (κ1) is 11.4. The van der Waals surface area contributed by atoms with Gasteiger partial charge < -0.3 is 0 Å². The van der Waals surface area contributed by atoms with Gasteiger partial charge in [-0.05, 0) is 17.7 Å². The quantitative estimate of drug-likeness (QED) is 0.697. The fourth-order valence-corrected chi connectivity index (χ4v) is 2.04. The summed E-state index contributed by atoms with van der Waals surface area (Å²) in [5.41, 5.74) is 3.85. The molecule has 0 spiro atoms. The highest BCUT2D eigenvalue weighted by molar-refractivity contribution is 5.74. The molecule has 3 heteroatoms. The molecule has 0 bridgehead atoms. The molecule has 0 radical (unpaired) electrons. The van der Waals surface area contributed by atoms with E-state index in [2.05, 4.69) is 16.0 Å². The average Bonchev–Trinajstić information content (AvgIpc) is 2.47. The van der Waals surface area contributed by atoms with Crippen LogP contribution in [0.3, 0.4) is 0 Å². The third-order valence-corrected chi connectivity index (χ3v) is 2.96. The second-order valence-corrected chi connectivity index (χ2v) is 4.28. The summed E-state index contributed by atoms with van der Waals surface area (Å²) in [5.74, 6) is 0. The Morgan fingerprint density at radius 2 is 1.47 bits per heavy atom. The molecule has 0 aliphatic carbocycles. The van der Waals surface area contributed by atoms with Gasteiger partial charge in [0.15, 0.2) is 5.69 Å². The molecule has 1 aromatic heterocycles. The predicted molar refractivity (Wildman–Crippen MR) is 73.5 cm³/mol. The third-order valence-electron chi connectivity index (χ3n) is 2.96. The van der Waals surface area contributed by atoms with E-state index < -0.39 is 0 Å². The number of nitriles is 1. The van der Waals surface area contributed by atoms with E-state index in [-0.39, 0.29) is 0 Å². The molecule has 3 aromatic rings. The van der Waals surface area contributed by atoms with Gasteiger partial charge in [-0.2, -0.15) is 5.26 Å². The lowest BCUT2D eigenvalue weighted by molar-refractivity contribution is 1.05. The summed E-state index contributed by atoms with van der Waals surface area (Å²) in [6.45, 7) is 0. The normalized spacial score (nSPS) is 10.3. The molecule has 3 rings (SSSR count). The van der Waals surface area contributed by atoms with Gasteiger partial charge in [0, 0.05) is 6.42 Å². The molecule has 90 valence electrons. The van der Waals surface area contributed by atoms with Crippen LogP contribution in [0, 0.1) is 11.3 Å². The topological polar surface area (TPSA) is 49.6 Å². The second kappa shape index (κ2) is 4.87. The summed E-state index contributed by atoms with van der Waals surface area (Å²) in [4.78, 5) is 8.92. The van der Waals surface area contributed by atoms with E-state index in [0.29, 0.717) is 12.1 Å². The molecule has 0 N–H and O–H groups in total. The van der Waals surface area contributed by atoms with Gasteiger partial charge in [0.05, 0.1) is 16.7 Å². The first-order valence-electron chi connectivity index (χ1n) is 6.06. The van der Waals surface area contributed by atoms with Crippen LogP contribution < -0.4 is 0 Å². The lowest BCUT2D eigenvalue weighted by Crippen LogP contribution is -2.00. The number of benzene rings is 2. The maximum Gasteiger partial charge on any atom is 0.163 e. The van der Waals surface area contributed by atoms with E-state index in [4.69, 9.17) is 0 Å². The Labute approximate surface area is 111 Å². The van der Waals surface area contributed by atoms with Crippen molar-refractivity contribution in [2.45, 2.75) is 6.42 Å². The average molecular weight is 245 g/mol. The molecule has 0 unspecified atom stereocenters. The Morgan fingerprint density at radius 1 is 0.842 bits per heavy atom. The van der Waals surface area contributed by atoms with Gasteiger partial charge in [-0.25, -0.2) is 9.97 Å². The molecule has 2 aromatic carbocycles. The molecule has 0 saturated carbocycles. The van der Waals surface area contributed by atoms with E-state index in [1.165, 1.54) is 0 Å². The molecule has 0 atom stereocenters. The number of hydrogen-bond donors (Lipinski definition) is 0. The highest BCUT2D eigenvalue weighted by Gasteiger charge is 2.08. The number of nitrogens with zero attached hydrogens (tertiary/aromatic N) is 3. The van der Waals surface area contributed by atoms with Crippen molar-refractivity contribution >= 4 is 11.0 Å². The highest BCUT2D eigenvalue weighted by Crippen LogP contribution is 2.15. The first-order valence-corrected chi connectivity index (χ1v) is 6.06. The van der Waals surface area contributed by atoms with Crippen molar-refractivity contribution in [2.24, 2.45) is 0 Å². The van der Waals surface area contributed by atoms with Gasteiger partial charge in [0.2, 0.25) is 0 Å². The summed E-state index contributed by atoms with van der Waals surface area (Å²) >= 11 is 0. The summed E-state index contributed by atoms with van der Waals surface area (Å²) in [5, 5.41) is 9.20. The van der Waals surface area contributed by atoms with Gasteiger partial charge in [0.1, 0.15) is 6.07 Å². The zero-order valence-corrected chi connectivity index (χ0v) is 10.2. The van der Waals surface area contributed by atoms with Crippen LogP contribution >= 0.6 is 0 Å². The lowest BCUT2D eigenvalue weighted by atomic mass is 10.1. The molecule has 1 heterocycles. The number of hydrogen-bond acceptors (Lipinski definition) is 3. The zero-order valence-electron chi connectivity index (χ0n) is 10.2. The molecule has 0 saturated heterocycles. The largest absolute Gasteiger partial charge is 0.248 e. The van der Waals surface area contributed by atoms with E-state index in [0.717, 1.165) is 22.3 Å². The molecule has 0 aliphatic rings. The van der Waals surface area contributed by atoms with E-state index in [1.54, 1.807) is 0 Å². The molecular weight excluding hydrogens is 234 g/mol. The number of rotatable bonds is 2. The van der Waals surface area contributed by atoms with E-state index in [1.807, 2.05) is 54.6 Å². The Kier molecular flexibility index (Phi) is 2.91. The predicted octanol–water partition coefficient (Wildman–Crippen LogP) is 3.09. The Hall–Kier alpha value is -2.73. The van der Waals surface area contributed by atoms with E-state index in [9.17, 15) is 5.26 Å². The van der Waals surface area contributed by atoms with Crippen LogP contribution in [0.1, 0.15) is 17.0 Å². The third kappa shape index (κ3) is 2.29. The van der Waals surface area contributed by atoms with Crippen LogP contribution in [-0.4, -0.2) is 9.97 Å². The molecular formula is C16H11N3. The van der Waals surface area contributed by atoms with E-state index >= 15 is 0 Å². The van der Waals surface area contributed by atoms with Gasteiger partial charge in [-0.1, -0.05) is 42.5 Å². The Morgan fingerprint density at radius 3 is 2.16 bits per heavy atom.